The van der Waals surface area contributed by atoms with Crippen molar-refractivity contribution in [3.8, 4) is 6.07 Å². The quantitative estimate of drug-likeness (QED) is 0.713. The van der Waals surface area contributed by atoms with E-state index < -0.39 is 29.0 Å². The lowest BCUT2D eigenvalue weighted by atomic mass is 9.93. The normalized spacial score (nSPS) is 13.5. The van der Waals surface area contributed by atoms with Crippen LogP contribution in [0.2, 0.25) is 0 Å². The van der Waals surface area contributed by atoms with Gasteiger partial charge in [0, 0.05) is 13.3 Å². The topological polar surface area (TPSA) is 105 Å². The summed E-state index contributed by atoms with van der Waals surface area (Å²) in [5.74, 6) is -1.77. The minimum absolute atomic E-state index is 0.0309. The van der Waals surface area contributed by atoms with E-state index in [0.29, 0.717) is 0 Å². The Hall–Kier alpha value is -2.10. The zero-order valence-electron chi connectivity index (χ0n) is 13.8. The highest BCUT2D eigenvalue weighted by molar-refractivity contribution is 5.90. The van der Waals surface area contributed by atoms with Crippen LogP contribution in [0.3, 0.4) is 0 Å². The molecular weight excluding hydrogens is 288 g/mol. The average molecular weight is 312 g/mol. The zero-order valence-corrected chi connectivity index (χ0v) is 13.8. The smallest absolute Gasteiger partial charge is 0.347 e. The lowest BCUT2D eigenvalue weighted by molar-refractivity contribution is -0.162. The van der Waals surface area contributed by atoms with E-state index in [1.807, 2.05) is 6.07 Å². The molecule has 0 rings (SSSR count). The maximum Gasteiger partial charge on any atom is 0.347 e. The molecule has 0 aromatic carbocycles. The first kappa shape index (κ1) is 19.9. The Morgan fingerprint density at radius 1 is 1.23 bits per heavy atom. The van der Waals surface area contributed by atoms with Crippen molar-refractivity contribution in [2.75, 3.05) is 6.61 Å². The van der Waals surface area contributed by atoms with Crippen LogP contribution in [-0.4, -0.2) is 35.6 Å². The van der Waals surface area contributed by atoms with E-state index in [9.17, 15) is 19.6 Å². The SMILES string of the molecule is CCOC(=O)CCCC(C#N)(NC(C)=O)C(=O)OC(C)(C)C. The van der Waals surface area contributed by atoms with Gasteiger partial charge in [0.05, 0.1) is 6.61 Å². The van der Waals surface area contributed by atoms with Crippen molar-refractivity contribution >= 4 is 17.8 Å². The Morgan fingerprint density at radius 2 is 1.82 bits per heavy atom. The van der Waals surface area contributed by atoms with Gasteiger partial charge in [-0.15, -0.1) is 0 Å². The van der Waals surface area contributed by atoms with Gasteiger partial charge >= 0.3 is 11.9 Å². The zero-order chi connectivity index (χ0) is 17.4. The third-order valence-corrected chi connectivity index (χ3v) is 2.57. The molecule has 0 spiro atoms. The average Bonchev–Trinajstić information content (AvgIpc) is 2.35. The number of nitrogens with zero attached hydrogens (tertiary/aromatic N) is 1. The van der Waals surface area contributed by atoms with Crippen LogP contribution in [0.4, 0.5) is 0 Å². The molecule has 0 saturated carbocycles. The van der Waals surface area contributed by atoms with Gasteiger partial charge in [-0.3, -0.25) is 9.59 Å². The molecule has 0 aliphatic carbocycles. The fourth-order valence-corrected chi connectivity index (χ4v) is 1.74. The molecule has 22 heavy (non-hydrogen) atoms. The van der Waals surface area contributed by atoms with Crippen molar-refractivity contribution in [3.63, 3.8) is 0 Å². The molecule has 0 saturated heterocycles. The Bertz CT molecular complexity index is 462. The Morgan fingerprint density at radius 3 is 2.23 bits per heavy atom. The molecule has 7 nitrogen and oxygen atoms in total. The number of amides is 1. The van der Waals surface area contributed by atoms with Crippen LogP contribution in [0.1, 0.15) is 53.9 Å². The van der Waals surface area contributed by atoms with Crippen LogP contribution in [0.25, 0.3) is 0 Å². The summed E-state index contributed by atoms with van der Waals surface area (Å²) in [6.45, 7) is 8.16. The molecule has 1 unspecified atom stereocenters. The van der Waals surface area contributed by atoms with Gasteiger partial charge in [-0.25, -0.2) is 4.79 Å². The third kappa shape index (κ3) is 7.07. The Kier molecular flexibility index (Phi) is 7.57. The second-order valence-corrected chi connectivity index (χ2v) is 5.86. The van der Waals surface area contributed by atoms with Crippen molar-refractivity contribution in [2.45, 2.75) is 65.0 Å². The first-order valence-corrected chi connectivity index (χ1v) is 7.15. The van der Waals surface area contributed by atoms with Gasteiger partial charge in [0.25, 0.3) is 0 Å². The number of esters is 2. The van der Waals surface area contributed by atoms with Crippen molar-refractivity contribution in [1.82, 2.24) is 5.32 Å². The molecule has 0 fully saturated rings. The summed E-state index contributed by atoms with van der Waals surface area (Å²) in [6.07, 6.45) is 0.238. The largest absolute Gasteiger partial charge is 0.466 e. The van der Waals surface area contributed by atoms with Crippen molar-refractivity contribution in [3.05, 3.63) is 0 Å². The summed E-state index contributed by atoms with van der Waals surface area (Å²) in [7, 11) is 0. The van der Waals surface area contributed by atoms with Crippen molar-refractivity contribution < 1.29 is 23.9 Å². The number of rotatable bonds is 7. The fourth-order valence-electron chi connectivity index (χ4n) is 1.74. The maximum absolute atomic E-state index is 12.3. The van der Waals surface area contributed by atoms with Crippen LogP contribution >= 0.6 is 0 Å². The molecule has 0 bridgehead atoms. The molecule has 7 heteroatoms. The predicted octanol–water partition coefficient (Wildman–Crippen LogP) is 1.46. The second-order valence-electron chi connectivity index (χ2n) is 5.86. The molecule has 1 N–H and O–H groups in total. The van der Waals surface area contributed by atoms with E-state index >= 15 is 0 Å². The number of nitrogens with one attached hydrogen (secondary N) is 1. The number of carbonyl (C=O) groups excluding carboxylic acids is 3. The van der Waals surface area contributed by atoms with Gasteiger partial charge in [0.1, 0.15) is 11.7 Å². The summed E-state index contributed by atoms with van der Waals surface area (Å²) in [5, 5.41) is 11.7. The summed E-state index contributed by atoms with van der Waals surface area (Å²) in [5.41, 5.74) is -2.59. The highest BCUT2D eigenvalue weighted by Gasteiger charge is 2.42. The lowest BCUT2D eigenvalue weighted by Gasteiger charge is -2.29. The molecule has 0 heterocycles. The van der Waals surface area contributed by atoms with Gasteiger partial charge in [0.15, 0.2) is 0 Å². The van der Waals surface area contributed by atoms with Crippen LogP contribution in [-0.2, 0) is 23.9 Å². The maximum atomic E-state index is 12.3. The van der Waals surface area contributed by atoms with E-state index in [1.165, 1.54) is 6.92 Å². The summed E-state index contributed by atoms with van der Waals surface area (Å²) in [4.78, 5) is 34.9. The van der Waals surface area contributed by atoms with Gasteiger partial charge in [0.2, 0.25) is 11.4 Å². The van der Waals surface area contributed by atoms with E-state index in [1.54, 1.807) is 27.7 Å². The van der Waals surface area contributed by atoms with Crippen molar-refractivity contribution in [2.24, 2.45) is 0 Å². The third-order valence-electron chi connectivity index (χ3n) is 2.57. The molecule has 0 aromatic rings. The van der Waals surface area contributed by atoms with E-state index in [2.05, 4.69) is 5.32 Å². The molecular formula is C15H24N2O5. The molecule has 0 aromatic heterocycles. The molecule has 124 valence electrons. The molecule has 1 amide bonds. The van der Waals surface area contributed by atoms with E-state index in [-0.39, 0.29) is 25.9 Å². The van der Waals surface area contributed by atoms with Gasteiger partial charge in [-0.2, -0.15) is 5.26 Å². The lowest BCUT2D eigenvalue weighted by Crippen LogP contribution is -2.55. The first-order chi connectivity index (χ1) is 10.1. The number of hydrogen-bond donors (Lipinski definition) is 1. The number of ether oxygens (including phenoxy) is 2. The van der Waals surface area contributed by atoms with Crippen LogP contribution < -0.4 is 5.32 Å². The Labute approximate surface area is 131 Å². The highest BCUT2D eigenvalue weighted by Crippen LogP contribution is 2.20. The minimum Gasteiger partial charge on any atom is -0.466 e. The molecule has 0 aliphatic heterocycles. The second kappa shape index (κ2) is 8.37. The molecule has 0 aliphatic rings. The van der Waals surface area contributed by atoms with Crippen molar-refractivity contribution in [1.29, 1.82) is 5.26 Å². The predicted molar refractivity (Wildman–Crippen MR) is 78.5 cm³/mol. The number of nitriles is 1. The van der Waals surface area contributed by atoms with E-state index in [0.717, 1.165) is 0 Å². The highest BCUT2D eigenvalue weighted by atomic mass is 16.6. The Balaban J connectivity index is 5.02. The first-order valence-electron chi connectivity index (χ1n) is 7.15. The minimum atomic E-state index is -1.80. The molecule has 0 radical (unpaired) electrons. The van der Waals surface area contributed by atoms with Gasteiger partial charge in [-0.05, 0) is 40.5 Å². The van der Waals surface area contributed by atoms with Gasteiger partial charge in [-0.1, -0.05) is 0 Å². The van der Waals surface area contributed by atoms with Crippen LogP contribution in [0, 0.1) is 11.3 Å². The number of hydrogen-bond acceptors (Lipinski definition) is 6. The molecule has 1 atom stereocenters. The fraction of sp³-hybridized carbons (Fsp3) is 0.733. The van der Waals surface area contributed by atoms with Gasteiger partial charge < -0.3 is 14.8 Å². The summed E-state index contributed by atoms with van der Waals surface area (Å²) < 4.78 is 9.99. The summed E-state index contributed by atoms with van der Waals surface area (Å²) in [6, 6.07) is 1.82. The summed E-state index contributed by atoms with van der Waals surface area (Å²) >= 11 is 0. The number of carbonyl (C=O) groups is 3. The monoisotopic (exact) mass is 312 g/mol. The van der Waals surface area contributed by atoms with Crippen LogP contribution in [0.15, 0.2) is 0 Å². The standard InChI is InChI=1S/C15H24N2O5/c1-6-21-12(19)8-7-9-15(10-16,17-11(2)18)13(20)22-14(3,4)5/h6-9H2,1-5H3,(H,17,18). The van der Waals surface area contributed by atoms with E-state index in [4.69, 9.17) is 9.47 Å². The van der Waals surface area contributed by atoms with Crippen LogP contribution in [0.5, 0.6) is 0 Å².